The number of hydrogen-bond donors (Lipinski definition) is 1. The number of nitrogens with zero attached hydrogens (tertiary/aromatic N) is 1. The Kier molecular flexibility index (Phi) is 7.70. The van der Waals surface area contributed by atoms with Gasteiger partial charge in [-0.25, -0.2) is 8.42 Å². The standard InChI is InChI=1S/C22H28N2O2S.ClH/c1-4-13-24-14-11-19-5-8-21(16-20(19)12-15-24)23-27(25,26)22-9-6-18(7-10-22)17(2)3;/h4-10,16-17,23H,1,11-15H2,2-3H3;1H. The van der Waals surface area contributed by atoms with Crippen LogP contribution in [0.3, 0.4) is 0 Å². The lowest BCUT2D eigenvalue weighted by Crippen LogP contribution is -2.26. The van der Waals surface area contributed by atoms with Crippen LogP contribution in [-0.2, 0) is 22.9 Å². The zero-order valence-corrected chi connectivity index (χ0v) is 18.2. The Morgan fingerprint density at radius 3 is 2.32 bits per heavy atom. The van der Waals surface area contributed by atoms with Crippen LogP contribution < -0.4 is 4.72 Å². The predicted octanol–water partition coefficient (Wildman–Crippen LogP) is 4.62. The molecule has 1 N–H and O–H groups in total. The van der Waals surface area contributed by atoms with Gasteiger partial charge in [0.2, 0.25) is 0 Å². The first kappa shape index (κ1) is 22.5. The summed E-state index contributed by atoms with van der Waals surface area (Å²) in [7, 11) is -3.58. The lowest BCUT2D eigenvalue weighted by Gasteiger charge is -2.16. The van der Waals surface area contributed by atoms with Crippen molar-refractivity contribution in [2.24, 2.45) is 0 Å². The molecule has 1 aliphatic heterocycles. The minimum Gasteiger partial charge on any atom is -0.299 e. The lowest BCUT2D eigenvalue weighted by molar-refractivity contribution is 0.318. The van der Waals surface area contributed by atoms with Crippen molar-refractivity contribution in [3.05, 3.63) is 71.8 Å². The van der Waals surface area contributed by atoms with Crippen molar-refractivity contribution in [2.75, 3.05) is 24.4 Å². The van der Waals surface area contributed by atoms with Gasteiger partial charge in [0.25, 0.3) is 10.0 Å². The second kappa shape index (κ2) is 9.59. The van der Waals surface area contributed by atoms with E-state index in [2.05, 4.69) is 30.0 Å². The molecule has 152 valence electrons. The van der Waals surface area contributed by atoms with Gasteiger partial charge in [0.15, 0.2) is 0 Å². The number of fused-ring (bicyclic) bond motifs is 1. The first-order valence-electron chi connectivity index (χ1n) is 9.47. The molecule has 0 spiro atoms. The fraction of sp³-hybridized carbons (Fsp3) is 0.364. The number of hydrogen-bond acceptors (Lipinski definition) is 3. The van der Waals surface area contributed by atoms with Gasteiger partial charge in [-0.05, 0) is 59.7 Å². The Morgan fingerprint density at radius 1 is 1.07 bits per heavy atom. The van der Waals surface area contributed by atoms with E-state index in [9.17, 15) is 8.42 Å². The van der Waals surface area contributed by atoms with E-state index in [1.165, 1.54) is 11.1 Å². The van der Waals surface area contributed by atoms with Crippen LogP contribution in [0.5, 0.6) is 0 Å². The van der Waals surface area contributed by atoms with Gasteiger partial charge in [-0.2, -0.15) is 0 Å². The topological polar surface area (TPSA) is 49.4 Å². The van der Waals surface area contributed by atoms with Crippen LogP contribution in [0.1, 0.15) is 36.5 Å². The number of benzene rings is 2. The molecular formula is C22H29ClN2O2S. The summed E-state index contributed by atoms with van der Waals surface area (Å²) in [5, 5.41) is 0. The highest BCUT2D eigenvalue weighted by Gasteiger charge is 2.17. The maximum Gasteiger partial charge on any atom is 0.261 e. The molecule has 28 heavy (non-hydrogen) atoms. The highest BCUT2D eigenvalue weighted by molar-refractivity contribution is 7.92. The molecule has 0 amide bonds. The third-order valence-electron chi connectivity index (χ3n) is 5.10. The first-order valence-corrected chi connectivity index (χ1v) is 10.9. The van der Waals surface area contributed by atoms with Crippen LogP contribution in [0.15, 0.2) is 60.0 Å². The molecule has 6 heteroatoms. The lowest BCUT2D eigenvalue weighted by atomic mass is 10.0. The summed E-state index contributed by atoms with van der Waals surface area (Å²) in [6, 6.07) is 13.0. The van der Waals surface area contributed by atoms with E-state index in [-0.39, 0.29) is 12.4 Å². The summed E-state index contributed by atoms with van der Waals surface area (Å²) in [5.41, 5.74) is 4.27. The third kappa shape index (κ3) is 5.37. The summed E-state index contributed by atoms with van der Waals surface area (Å²) in [4.78, 5) is 2.66. The number of halogens is 1. The van der Waals surface area contributed by atoms with E-state index in [1.54, 1.807) is 12.1 Å². The van der Waals surface area contributed by atoms with E-state index < -0.39 is 10.0 Å². The van der Waals surface area contributed by atoms with Crippen LogP contribution in [0, 0.1) is 0 Å². The minimum absolute atomic E-state index is 0. The van der Waals surface area contributed by atoms with Gasteiger partial charge in [-0.1, -0.05) is 38.1 Å². The van der Waals surface area contributed by atoms with E-state index in [1.807, 2.05) is 36.4 Å². The number of rotatable bonds is 6. The second-order valence-electron chi connectivity index (χ2n) is 7.40. The Hall–Kier alpha value is -1.82. The summed E-state index contributed by atoms with van der Waals surface area (Å²) in [6.07, 6.45) is 3.83. The molecule has 0 aromatic heterocycles. The predicted molar refractivity (Wildman–Crippen MR) is 119 cm³/mol. The van der Waals surface area contributed by atoms with Crippen molar-refractivity contribution in [3.63, 3.8) is 0 Å². The molecular weight excluding hydrogens is 392 g/mol. The largest absolute Gasteiger partial charge is 0.299 e. The molecule has 2 aromatic rings. The molecule has 0 bridgehead atoms. The van der Waals surface area contributed by atoms with Crippen LogP contribution in [-0.4, -0.2) is 33.0 Å². The summed E-state index contributed by atoms with van der Waals surface area (Å²) in [5.74, 6) is 0.375. The molecule has 4 nitrogen and oxygen atoms in total. The van der Waals surface area contributed by atoms with Gasteiger partial charge in [0.1, 0.15) is 0 Å². The SMILES string of the molecule is C=CCN1CCc2ccc(NS(=O)(=O)c3ccc(C(C)C)cc3)cc2CC1.Cl. The molecule has 2 aromatic carbocycles. The van der Waals surface area contributed by atoms with E-state index in [0.717, 1.165) is 38.0 Å². The quantitative estimate of drug-likeness (QED) is 0.693. The highest BCUT2D eigenvalue weighted by Crippen LogP contribution is 2.24. The molecule has 0 atom stereocenters. The smallest absolute Gasteiger partial charge is 0.261 e. The molecule has 0 saturated heterocycles. The van der Waals surface area contributed by atoms with Gasteiger partial charge in [-0.3, -0.25) is 9.62 Å². The Labute approximate surface area is 175 Å². The first-order chi connectivity index (χ1) is 12.9. The van der Waals surface area contributed by atoms with Crippen molar-refractivity contribution in [2.45, 2.75) is 37.5 Å². The molecule has 0 saturated carbocycles. The highest BCUT2D eigenvalue weighted by atomic mass is 35.5. The molecule has 0 fully saturated rings. The van der Waals surface area contributed by atoms with Crippen molar-refractivity contribution in [3.8, 4) is 0 Å². The summed E-state index contributed by atoms with van der Waals surface area (Å²) >= 11 is 0. The monoisotopic (exact) mass is 420 g/mol. The summed E-state index contributed by atoms with van der Waals surface area (Å²) < 4.78 is 28.2. The van der Waals surface area contributed by atoms with Crippen LogP contribution in [0.4, 0.5) is 5.69 Å². The van der Waals surface area contributed by atoms with E-state index in [0.29, 0.717) is 16.5 Å². The van der Waals surface area contributed by atoms with Crippen LogP contribution >= 0.6 is 12.4 Å². The van der Waals surface area contributed by atoms with Crippen molar-refractivity contribution < 1.29 is 8.42 Å². The van der Waals surface area contributed by atoms with E-state index >= 15 is 0 Å². The Bertz CT molecular complexity index is 909. The molecule has 3 rings (SSSR count). The number of sulfonamides is 1. The van der Waals surface area contributed by atoms with Gasteiger partial charge >= 0.3 is 0 Å². The van der Waals surface area contributed by atoms with Gasteiger partial charge in [0, 0.05) is 25.3 Å². The third-order valence-corrected chi connectivity index (χ3v) is 6.49. The zero-order chi connectivity index (χ0) is 19.4. The number of nitrogens with one attached hydrogen (secondary N) is 1. The molecule has 1 aliphatic rings. The van der Waals surface area contributed by atoms with Crippen molar-refractivity contribution in [1.29, 1.82) is 0 Å². The zero-order valence-electron chi connectivity index (χ0n) is 16.5. The maximum absolute atomic E-state index is 12.7. The average Bonchev–Trinajstić information content (AvgIpc) is 2.84. The van der Waals surface area contributed by atoms with Crippen LogP contribution in [0.25, 0.3) is 0 Å². The molecule has 1 heterocycles. The van der Waals surface area contributed by atoms with Crippen molar-refractivity contribution in [1.82, 2.24) is 4.90 Å². The number of anilines is 1. The van der Waals surface area contributed by atoms with Gasteiger partial charge in [0.05, 0.1) is 4.90 Å². The molecule has 0 unspecified atom stereocenters. The van der Waals surface area contributed by atoms with Gasteiger partial charge < -0.3 is 0 Å². The normalized spacial score (nSPS) is 14.7. The molecule has 0 radical (unpaired) electrons. The van der Waals surface area contributed by atoms with Crippen molar-refractivity contribution >= 4 is 28.1 Å². The summed E-state index contributed by atoms with van der Waals surface area (Å²) in [6.45, 7) is 10.9. The maximum atomic E-state index is 12.7. The fourth-order valence-electron chi connectivity index (χ4n) is 3.45. The second-order valence-corrected chi connectivity index (χ2v) is 9.08. The van der Waals surface area contributed by atoms with Crippen LogP contribution in [0.2, 0.25) is 0 Å². The van der Waals surface area contributed by atoms with Gasteiger partial charge in [-0.15, -0.1) is 19.0 Å². The minimum atomic E-state index is -3.58. The Balaban J connectivity index is 0.00000280. The van der Waals surface area contributed by atoms with E-state index in [4.69, 9.17) is 0 Å². The Morgan fingerprint density at radius 2 is 1.71 bits per heavy atom. The average molecular weight is 421 g/mol. The molecule has 0 aliphatic carbocycles. The fourth-order valence-corrected chi connectivity index (χ4v) is 4.50.